The van der Waals surface area contributed by atoms with Crippen molar-refractivity contribution in [2.75, 3.05) is 0 Å². The second-order valence-corrected chi connectivity index (χ2v) is 2.55. The fourth-order valence-electron chi connectivity index (χ4n) is 1.17. The van der Waals surface area contributed by atoms with Crippen molar-refractivity contribution < 1.29 is 9.84 Å². The average molecular weight is 160 g/mol. The molecule has 1 heterocycles. The van der Waals surface area contributed by atoms with E-state index in [1.165, 1.54) is 24.4 Å². The minimum Gasteiger partial charge on any atom is -0.618 e. The Labute approximate surface area is 69.1 Å². The molecule has 59 valence electrons. The summed E-state index contributed by atoms with van der Waals surface area (Å²) in [6, 6.07) is 7.73. The van der Waals surface area contributed by atoms with Crippen molar-refractivity contribution in [2.24, 2.45) is 0 Å². The van der Waals surface area contributed by atoms with Crippen molar-refractivity contribution in [3.05, 3.63) is 41.7 Å². The van der Waals surface area contributed by atoms with Gasteiger partial charge in [-0.1, -0.05) is 0 Å². The van der Waals surface area contributed by atoms with Crippen LogP contribution in [-0.2, 0) is 5.11 Å². The Morgan fingerprint density at radius 2 is 2.08 bits per heavy atom. The minimum absolute atomic E-state index is 0.0753. The van der Waals surface area contributed by atoms with Crippen LogP contribution in [-0.4, -0.2) is 0 Å². The summed E-state index contributed by atoms with van der Waals surface area (Å²) in [6.45, 7) is 0. The molecule has 0 aliphatic rings. The number of hydrogen-bond donors (Lipinski definition) is 0. The molecule has 0 aliphatic carbocycles. The van der Waals surface area contributed by atoms with Crippen LogP contribution < -0.4 is 4.73 Å². The van der Waals surface area contributed by atoms with Crippen LogP contribution >= 0.6 is 0 Å². The molecule has 0 aliphatic heterocycles. The van der Waals surface area contributed by atoms with E-state index in [-0.39, 0.29) is 5.75 Å². The van der Waals surface area contributed by atoms with Gasteiger partial charge >= 0.3 is 0 Å². The highest BCUT2D eigenvalue weighted by Crippen LogP contribution is 2.16. The van der Waals surface area contributed by atoms with Crippen molar-refractivity contribution in [3.8, 4) is 5.75 Å². The zero-order valence-corrected chi connectivity index (χ0v) is 6.23. The largest absolute Gasteiger partial charge is 0.618 e. The van der Waals surface area contributed by atoms with E-state index in [0.29, 0.717) is 10.9 Å². The Kier molecular flexibility index (Phi) is 1.37. The summed E-state index contributed by atoms with van der Waals surface area (Å²) in [4.78, 5) is 0. The zero-order chi connectivity index (χ0) is 8.55. The standard InChI is InChI=1S/C9H6NO2/c11-8-3-4-9-7(6-8)2-1-5-10(9)12/h1-6H. The number of hydrogen-bond acceptors (Lipinski definition) is 1. The van der Waals surface area contributed by atoms with Crippen molar-refractivity contribution in [1.82, 2.24) is 0 Å². The molecule has 0 atom stereocenters. The Bertz CT molecular complexity index is 426. The first kappa shape index (κ1) is 6.91. The molecule has 12 heavy (non-hydrogen) atoms. The molecule has 0 bridgehead atoms. The van der Waals surface area contributed by atoms with E-state index in [9.17, 15) is 10.3 Å². The van der Waals surface area contributed by atoms with Gasteiger partial charge in [0.25, 0.3) is 0 Å². The van der Waals surface area contributed by atoms with E-state index < -0.39 is 0 Å². The summed E-state index contributed by atoms with van der Waals surface area (Å²) in [5, 5.41) is 22.7. The minimum atomic E-state index is -0.0753. The quantitative estimate of drug-likeness (QED) is 0.426. The van der Waals surface area contributed by atoms with Crippen LogP contribution in [0.3, 0.4) is 0 Å². The number of nitrogens with zero attached hydrogens (tertiary/aromatic N) is 1. The molecule has 1 aromatic heterocycles. The molecule has 0 saturated heterocycles. The lowest BCUT2D eigenvalue weighted by molar-refractivity contribution is -0.577. The summed E-state index contributed by atoms with van der Waals surface area (Å²) in [6.07, 6.45) is 1.41. The Balaban J connectivity index is 2.86. The number of aromatic nitrogens is 1. The lowest BCUT2D eigenvalue weighted by Gasteiger charge is -1.99. The predicted molar refractivity (Wildman–Crippen MR) is 43.0 cm³/mol. The number of pyridine rings is 1. The van der Waals surface area contributed by atoms with Crippen LogP contribution in [0, 0.1) is 5.21 Å². The van der Waals surface area contributed by atoms with E-state index in [4.69, 9.17) is 0 Å². The third-order valence-electron chi connectivity index (χ3n) is 1.73. The first-order valence-corrected chi connectivity index (χ1v) is 3.56. The van der Waals surface area contributed by atoms with E-state index >= 15 is 0 Å². The maximum atomic E-state index is 11.1. The van der Waals surface area contributed by atoms with Crippen LogP contribution in [0.15, 0.2) is 36.5 Å². The van der Waals surface area contributed by atoms with Crippen molar-refractivity contribution in [2.45, 2.75) is 0 Å². The highest BCUT2D eigenvalue weighted by Gasteiger charge is 2.02. The van der Waals surface area contributed by atoms with Gasteiger partial charge in [0.2, 0.25) is 5.52 Å². The van der Waals surface area contributed by atoms with Gasteiger partial charge in [-0.25, -0.2) is 0 Å². The van der Waals surface area contributed by atoms with Crippen LogP contribution in [0.25, 0.3) is 10.9 Å². The molecule has 0 N–H and O–H groups in total. The van der Waals surface area contributed by atoms with Crippen molar-refractivity contribution in [1.29, 1.82) is 0 Å². The van der Waals surface area contributed by atoms with Crippen LogP contribution in [0.4, 0.5) is 0 Å². The second kappa shape index (κ2) is 2.37. The summed E-state index contributed by atoms with van der Waals surface area (Å²) in [5.74, 6) is -0.0753. The molecule has 2 rings (SSSR count). The maximum Gasteiger partial charge on any atom is 0.224 e. The molecule has 1 radical (unpaired) electrons. The van der Waals surface area contributed by atoms with Crippen LogP contribution in [0.1, 0.15) is 0 Å². The smallest absolute Gasteiger partial charge is 0.224 e. The van der Waals surface area contributed by atoms with Crippen LogP contribution in [0.5, 0.6) is 5.75 Å². The van der Waals surface area contributed by atoms with E-state index in [1.807, 2.05) is 0 Å². The second-order valence-electron chi connectivity index (χ2n) is 2.55. The molecule has 3 heteroatoms. The number of fused-ring (bicyclic) bond motifs is 1. The van der Waals surface area contributed by atoms with Gasteiger partial charge in [-0.2, -0.15) is 4.73 Å². The van der Waals surface area contributed by atoms with Gasteiger partial charge in [-0.15, -0.1) is 0 Å². The first-order chi connectivity index (χ1) is 5.77. The molecule has 2 aromatic rings. The van der Waals surface area contributed by atoms with Gasteiger partial charge in [0.1, 0.15) is 0 Å². The summed E-state index contributed by atoms with van der Waals surface area (Å²) >= 11 is 0. The predicted octanol–water partition coefficient (Wildman–Crippen LogP) is 1.62. The van der Waals surface area contributed by atoms with Gasteiger partial charge in [-0.3, -0.25) is 5.11 Å². The lowest BCUT2D eigenvalue weighted by atomic mass is 10.2. The normalized spacial score (nSPS) is 10.3. The monoisotopic (exact) mass is 160 g/mol. The van der Waals surface area contributed by atoms with Gasteiger partial charge in [-0.05, 0) is 18.2 Å². The molecule has 0 fully saturated rings. The Morgan fingerprint density at radius 1 is 1.25 bits per heavy atom. The average Bonchev–Trinajstić information content (AvgIpc) is 2.04. The molecule has 1 aromatic carbocycles. The third kappa shape index (κ3) is 0.955. The Morgan fingerprint density at radius 3 is 2.92 bits per heavy atom. The topological polar surface area (TPSA) is 46.8 Å². The fraction of sp³-hybridized carbons (Fsp3) is 0. The summed E-state index contributed by atoms with van der Waals surface area (Å²) in [7, 11) is 0. The van der Waals surface area contributed by atoms with E-state index in [0.717, 1.165) is 4.73 Å². The molecule has 0 spiro atoms. The number of benzene rings is 1. The molecule has 3 nitrogen and oxygen atoms in total. The third-order valence-corrected chi connectivity index (χ3v) is 1.73. The molecular weight excluding hydrogens is 154 g/mol. The van der Waals surface area contributed by atoms with Crippen LogP contribution in [0.2, 0.25) is 0 Å². The number of rotatable bonds is 0. The first-order valence-electron chi connectivity index (χ1n) is 3.56. The van der Waals surface area contributed by atoms with Crippen molar-refractivity contribution in [3.63, 3.8) is 0 Å². The zero-order valence-electron chi connectivity index (χ0n) is 6.23. The molecular formula is C9H6NO2. The van der Waals surface area contributed by atoms with E-state index in [1.54, 1.807) is 12.1 Å². The lowest BCUT2D eigenvalue weighted by Crippen LogP contribution is -2.25. The SMILES string of the molecule is [O]c1ccc2c(ccc[n+]2[O-])c1. The summed E-state index contributed by atoms with van der Waals surface area (Å²) < 4.78 is 0.745. The highest BCUT2D eigenvalue weighted by molar-refractivity contribution is 5.76. The Hall–Kier alpha value is -1.77. The van der Waals surface area contributed by atoms with Gasteiger partial charge < -0.3 is 5.21 Å². The van der Waals surface area contributed by atoms with Crippen molar-refractivity contribution >= 4 is 10.9 Å². The van der Waals surface area contributed by atoms with Gasteiger partial charge in [0, 0.05) is 12.1 Å². The van der Waals surface area contributed by atoms with Gasteiger partial charge in [0.05, 0.1) is 5.39 Å². The molecule has 0 unspecified atom stereocenters. The molecule has 0 amide bonds. The molecule has 0 saturated carbocycles. The van der Waals surface area contributed by atoms with E-state index in [2.05, 4.69) is 0 Å². The maximum absolute atomic E-state index is 11.1. The van der Waals surface area contributed by atoms with Gasteiger partial charge in [0.15, 0.2) is 11.9 Å². The fourth-order valence-corrected chi connectivity index (χ4v) is 1.17. The summed E-state index contributed by atoms with van der Waals surface area (Å²) in [5.41, 5.74) is 0.525. The highest BCUT2D eigenvalue weighted by atomic mass is 16.5.